The predicted molar refractivity (Wildman–Crippen MR) is 139 cm³/mol. The first-order chi connectivity index (χ1) is 17.4. The van der Waals surface area contributed by atoms with Crippen molar-refractivity contribution >= 4 is 28.5 Å². The Bertz CT molecular complexity index is 1170. The van der Waals surface area contributed by atoms with Crippen molar-refractivity contribution in [2.24, 2.45) is 5.41 Å². The highest BCUT2D eigenvalue weighted by Gasteiger charge is 2.41. The van der Waals surface area contributed by atoms with Crippen LogP contribution in [0.2, 0.25) is 5.02 Å². The maximum Gasteiger partial charge on any atom is 0.309 e. The lowest BCUT2D eigenvalue weighted by molar-refractivity contribution is -0.153. The van der Waals surface area contributed by atoms with Crippen LogP contribution >= 0.6 is 11.6 Å². The van der Waals surface area contributed by atoms with Gasteiger partial charge < -0.3 is 14.7 Å². The van der Waals surface area contributed by atoms with Crippen LogP contribution in [0.4, 0.5) is 4.39 Å². The fourth-order valence-corrected chi connectivity index (χ4v) is 5.42. The van der Waals surface area contributed by atoms with E-state index in [2.05, 4.69) is 20.9 Å². The van der Waals surface area contributed by atoms with E-state index in [1.807, 2.05) is 12.3 Å². The van der Waals surface area contributed by atoms with Crippen molar-refractivity contribution in [3.8, 4) is 5.75 Å². The van der Waals surface area contributed by atoms with Gasteiger partial charge in [-0.25, -0.2) is 4.39 Å². The number of nitrogens with zero attached hydrogens (tertiary/aromatic N) is 3. The Hall–Kier alpha value is -2.77. The summed E-state index contributed by atoms with van der Waals surface area (Å²) < 4.78 is 20.9. The number of unbranched alkanes of at least 4 members (excludes halogenated alkanes) is 1. The second kappa shape index (κ2) is 12.0. The molecule has 0 bridgehead atoms. The molecule has 3 heterocycles. The first-order valence-electron chi connectivity index (χ1n) is 12.5. The lowest BCUT2D eigenvalue weighted by atomic mass is 9.74. The highest BCUT2D eigenvalue weighted by atomic mass is 35.5. The van der Waals surface area contributed by atoms with E-state index in [9.17, 15) is 9.90 Å². The van der Waals surface area contributed by atoms with Gasteiger partial charge in [0.15, 0.2) is 0 Å². The van der Waals surface area contributed by atoms with Crippen LogP contribution in [0.25, 0.3) is 10.9 Å². The largest absolute Gasteiger partial charge is 0.497 e. The molecule has 192 valence electrons. The zero-order valence-electron chi connectivity index (χ0n) is 20.6. The molecule has 1 saturated heterocycles. The molecule has 1 aliphatic heterocycles. The molecule has 1 N–H and O–H groups in total. The van der Waals surface area contributed by atoms with Crippen LogP contribution < -0.4 is 4.74 Å². The Morgan fingerprint density at radius 1 is 1.25 bits per heavy atom. The maximum atomic E-state index is 15.6. The first-order valence-corrected chi connectivity index (χ1v) is 12.9. The zero-order valence-corrected chi connectivity index (χ0v) is 21.4. The molecule has 1 aliphatic rings. The number of halogens is 2. The lowest BCUT2D eigenvalue weighted by Gasteiger charge is -2.39. The molecule has 0 unspecified atom stereocenters. The van der Waals surface area contributed by atoms with Crippen molar-refractivity contribution in [3.05, 3.63) is 65.1 Å². The number of fused-ring (bicyclic) bond motifs is 1. The highest BCUT2D eigenvalue weighted by Crippen LogP contribution is 2.42. The summed E-state index contributed by atoms with van der Waals surface area (Å²) in [6, 6.07) is 9.31. The number of likely N-dealkylation sites (tertiary alicyclic amines) is 1. The molecule has 0 spiro atoms. The number of hydrogen-bond acceptors (Lipinski definition) is 5. The molecule has 8 heteroatoms. The van der Waals surface area contributed by atoms with Gasteiger partial charge >= 0.3 is 5.97 Å². The number of aliphatic carboxylic acids is 1. The minimum absolute atomic E-state index is 0.0907. The summed E-state index contributed by atoms with van der Waals surface area (Å²) in [5.41, 5.74) is 1.31. The van der Waals surface area contributed by atoms with Gasteiger partial charge in [0, 0.05) is 29.5 Å². The van der Waals surface area contributed by atoms with E-state index in [1.165, 1.54) is 11.8 Å². The number of carboxylic acids is 1. The van der Waals surface area contributed by atoms with Crippen molar-refractivity contribution in [1.82, 2.24) is 14.9 Å². The molecule has 0 radical (unpaired) electrons. The van der Waals surface area contributed by atoms with Crippen molar-refractivity contribution in [3.63, 3.8) is 0 Å². The number of benzene rings is 1. The lowest BCUT2D eigenvalue weighted by Crippen LogP contribution is -2.44. The number of rotatable bonds is 11. The van der Waals surface area contributed by atoms with E-state index in [0.29, 0.717) is 48.1 Å². The number of aromatic nitrogens is 2. The van der Waals surface area contributed by atoms with Gasteiger partial charge in [-0.05, 0) is 94.4 Å². The van der Waals surface area contributed by atoms with E-state index in [1.54, 1.807) is 31.5 Å². The number of methoxy groups -OCH3 is 1. The third-order valence-corrected chi connectivity index (χ3v) is 7.74. The quantitative estimate of drug-likeness (QED) is 0.304. The van der Waals surface area contributed by atoms with Crippen LogP contribution in [0.1, 0.15) is 55.8 Å². The number of piperidine rings is 1. The molecule has 0 aliphatic carbocycles. The van der Waals surface area contributed by atoms with Crippen LogP contribution in [-0.4, -0.2) is 52.7 Å². The maximum absolute atomic E-state index is 15.6. The van der Waals surface area contributed by atoms with Crippen molar-refractivity contribution in [2.45, 2.75) is 51.1 Å². The Morgan fingerprint density at radius 2 is 2.06 bits per heavy atom. The Labute approximate surface area is 216 Å². The van der Waals surface area contributed by atoms with Crippen LogP contribution in [0.3, 0.4) is 0 Å². The predicted octanol–water partition coefficient (Wildman–Crippen LogP) is 6.27. The molecule has 1 atom stereocenters. The van der Waals surface area contributed by atoms with Gasteiger partial charge in [0.05, 0.1) is 23.1 Å². The van der Waals surface area contributed by atoms with Gasteiger partial charge in [-0.2, -0.15) is 0 Å². The molecule has 0 amide bonds. The first kappa shape index (κ1) is 26.3. The highest BCUT2D eigenvalue weighted by molar-refractivity contribution is 6.32. The van der Waals surface area contributed by atoms with Crippen molar-refractivity contribution < 1.29 is 19.0 Å². The minimum Gasteiger partial charge on any atom is -0.497 e. The SMILES string of the molecule is COc1ccc2ncc(Cl)c([C@@H](F)CCC3(C(=O)O)CCN(CCCCc4cccnc4)CC3)c2c1. The van der Waals surface area contributed by atoms with E-state index in [-0.39, 0.29) is 17.9 Å². The van der Waals surface area contributed by atoms with E-state index in [4.69, 9.17) is 16.3 Å². The Morgan fingerprint density at radius 3 is 2.75 bits per heavy atom. The summed E-state index contributed by atoms with van der Waals surface area (Å²) in [5, 5.41) is 10.9. The molecule has 3 aromatic rings. The molecule has 36 heavy (non-hydrogen) atoms. The molecular weight excluding hydrogens is 481 g/mol. The summed E-state index contributed by atoms with van der Waals surface area (Å²) >= 11 is 6.36. The van der Waals surface area contributed by atoms with Crippen LogP contribution in [0.5, 0.6) is 5.75 Å². The number of hydrogen-bond donors (Lipinski definition) is 1. The number of alkyl halides is 1. The number of carbonyl (C=O) groups is 1. The van der Waals surface area contributed by atoms with Gasteiger partial charge in [0.1, 0.15) is 11.9 Å². The van der Waals surface area contributed by atoms with E-state index >= 15 is 4.39 Å². The molecule has 6 nitrogen and oxygen atoms in total. The standard InChI is InChI=1S/C28H33ClFN3O3/c1-36-21-7-8-25-22(17-21)26(23(29)19-32-25)24(30)9-10-28(27(34)35)11-15-33(16-12-28)14-3-2-5-20-6-4-13-31-18-20/h4,6-8,13,17-19,24H,2-3,5,9-12,14-16H2,1H3,(H,34,35)/t24-/m0/s1. The third kappa shape index (κ3) is 6.13. The fraction of sp³-hybridized carbons (Fsp3) is 0.464. The van der Waals surface area contributed by atoms with Gasteiger partial charge in [-0.1, -0.05) is 17.7 Å². The fourth-order valence-electron chi connectivity index (χ4n) is 5.15. The van der Waals surface area contributed by atoms with Gasteiger partial charge in [-0.3, -0.25) is 14.8 Å². The molecule has 1 aromatic carbocycles. The summed E-state index contributed by atoms with van der Waals surface area (Å²) in [4.78, 5) is 23.1. The van der Waals surface area contributed by atoms with Gasteiger partial charge in [0.2, 0.25) is 0 Å². The Kier molecular flexibility index (Phi) is 8.75. The van der Waals surface area contributed by atoms with E-state index < -0.39 is 17.6 Å². The monoisotopic (exact) mass is 513 g/mol. The number of pyridine rings is 2. The van der Waals surface area contributed by atoms with Gasteiger partial charge in [0.25, 0.3) is 0 Å². The number of aryl methyl sites for hydroxylation is 1. The number of carboxylic acid groups (broad SMARTS) is 1. The average molecular weight is 514 g/mol. The van der Waals surface area contributed by atoms with Crippen molar-refractivity contribution in [2.75, 3.05) is 26.7 Å². The topological polar surface area (TPSA) is 75.6 Å². The second-order valence-electron chi connectivity index (χ2n) is 9.65. The molecular formula is C28H33ClFN3O3. The normalized spacial score (nSPS) is 16.6. The summed E-state index contributed by atoms with van der Waals surface area (Å²) in [7, 11) is 1.55. The van der Waals surface area contributed by atoms with Gasteiger partial charge in [-0.15, -0.1) is 0 Å². The van der Waals surface area contributed by atoms with Crippen LogP contribution in [0.15, 0.2) is 48.9 Å². The average Bonchev–Trinajstić information content (AvgIpc) is 2.90. The molecule has 4 rings (SSSR count). The molecule has 1 fully saturated rings. The summed E-state index contributed by atoms with van der Waals surface area (Å²) in [6.07, 6.45) is 8.27. The third-order valence-electron chi connectivity index (χ3n) is 7.44. The minimum atomic E-state index is -1.39. The zero-order chi connectivity index (χ0) is 25.5. The van der Waals surface area contributed by atoms with Crippen LogP contribution in [-0.2, 0) is 11.2 Å². The number of ether oxygens (including phenoxy) is 1. The molecule has 2 aromatic heterocycles. The Balaban J connectivity index is 1.34. The van der Waals surface area contributed by atoms with Crippen LogP contribution in [0, 0.1) is 5.41 Å². The molecule has 0 saturated carbocycles. The second-order valence-corrected chi connectivity index (χ2v) is 10.1. The van der Waals surface area contributed by atoms with Crippen molar-refractivity contribution in [1.29, 1.82) is 0 Å². The smallest absolute Gasteiger partial charge is 0.309 e. The summed E-state index contributed by atoms with van der Waals surface area (Å²) in [6.45, 7) is 2.38. The van der Waals surface area contributed by atoms with E-state index in [0.717, 1.165) is 25.8 Å². The summed E-state index contributed by atoms with van der Waals surface area (Å²) in [5.74, 6) is -0.242.